The second-order valence-corrected chi connectivity index (χ2v) is 6.17. The van der Waals surface area contributed by atoms with E-state index >= 15 is 0 Å². The molecule has 2 nitrogen and oxygen atoms in total. The molecule has 0 amide bonds. The molecule has 0 radical (unpaired) electrons. The van der Waals surface area contributed by atoms with Gasteiger partial charge in [0.1, 0.15) is 5.82 Å². The molecule has 118 valence electrons. The van der Waals surface area contributed by atoms with Gasteiger partial charge in [0.15, 0.2) is 0 Å². The van der Waals surface area contributed by atoms with E-state index in [9.17, 15) is 0 Å². The lowest BCUT2D eigenvalue weighted by Crippen LogP contribution is -2.03. The van der Waals surface area contributed by atoms with Gasteiger partial charge in [0.05, 0.1) is 10.7 Å². The second kappa shape index (κ2) is 6.77. The maximum atomic E-state index is 6.42. The van der Waals surface area contributed by atoms with Crippen molar-refractivity contribution in [2.75, 3.05) is 0 Å². The van der Waals surface area contributed by atoms with Gasteiger partial charge >= 0.3 is 0 Å². The van der Waals surface area contributed by atoms with E-state index in [0.717, 1.165) is 40.6 Å². The molecule has 0 saturated carbocycles. The number of halogens is 2. The Hall–Kier alpha value is -1.77. The third-order valence-corrected chi connectivity index (χ3v) is 4.51. The molecule has 0 N–H and O–H groups in total. The zero-order valence-electron chi connectivity index (χ0n) is 13.2. The van der Waals surface area contributed by atoms with Crippen LogP contribution in [0.25, 0.3) is 17.1 Å². The monoisotopic (exact) mass is 344 g/mol. The van der Waals surface area contributed by atoms with Crippen molar-refractivity contribution in [2.24, 2.45) is 0 Å². The fraction of sp³-hybridized carbons (Fsp3) is 0.211. The Bertz CT molecular complexity index is 820. The average Bonchev–Trinajstić information content (AvgIpc) is 2.94. The highest BCUT2D eigenvalue weighted by atomic mass is 35.5. The number of imidazole rings is 1. The van der Waals surface area contributed by atoms with Crippen LogP contribution in [0, 0.1) is 0 Å². The van der Waals surface area contributed by atoms with E-state index in [-0.39, 0.29) is 0 Å². The lowest BCUT2D eigenvalue weighted by Gasteiger charge is -2.13. The van der Waals surface area contributed by atoms with Crippen LogP contribution in [0.1, 0.15) is 25.2 Å². The van der Waals surface area contributed by atoms with Crippen LogP contribution < -0.4 is 0 Å². The molecule has 23 heavy (non-hydrogen) atoms. The minimum Gasteiger partial charge on any atom is -0.296 e. The van der Waals surface area contributed by atoms with Gasteiger partial charge in [-0.2, -0.15) is 0 Å². The van der Waals surface area contributed by atoms with Crippen molar-refractivity contribution in [2.45, 2.75) is 26.7 Å². The zero-order chi connectivity index (χ0) is 16.4. The summed E-state index contributed by atoms with van der Waals surface area (Å²) in [7, 11) is 0. The summed E-state index contributed by atoms with van der Waals surface area (Å²) in [6.07, 6.45) is 1.80. The highest BCUT2D eigenvalue weighted by Gasteiger charge is 2.19. The third-order valence-electron chi connectivity index (χ3n) is 3.93. The Kier molecular flexibility index (Phi) is 4.74. The van der Waals surface area contributed by atoms with Crippen LogP contribution >= 0.6 is 23.2 Å². The largest absolute Gasteiger partial charge is 0.296 e. The van der Waals surface area contributed by atoms with E-state index in [1.807, 2.05) is 48.5 Å². The zero-order valence-corrected chi connectivity index (χ0v) is 14.7. The van der Waals surface area contributed by atoms with Crippen molar-refractivity contribution in [3.8, 4) is 17.1 Å². The molecule has 1 heterocycles. The topological polar surface area (TPSA) is 17.8 Å². The summed E-state index contributed by atoms with van der Waals surface area (Å²) >= 11 is 12.5. The smallest absolute Gasteiger partial charge is 0.146 e. The molecule has 0 aliphatic heterocycles. The maximum Gasteiger partial charge on any atom is 0.146 e. The van der Waals surface area contributed by atoms with Crippen LogP contribution in [-0.4, -0.2) is 9.55 Å². The van der Waals surface area contributed by atoms with Gasteiger partial charge in [-0.3, -0.25) is 4.57 Å². The van der Waals surface area contributed by atoms with Crippen LogP contribution in [-0.2, 0) is 12.8 Å². The van der Waals surface area contributed by atoms with Crippen LogP contribution in [0.2, 0.25) is 10.0 Å². The Morgan fingerprint density at radius 2 is 1.61 bits per heavy atom. The van der Waals surface area contributed by atoms with Gasteiger partial charge in [-0.25, -0.2) is 4.98 Å². The summed E-state index contributed by atoms with van der Waals surface area (Å²) in [5.41, 5.74) is 4.31. The number of hydrogen-bond donors (Lipinski definition) is 0. The van der Waals surface area contributed by atoms with Gasteiger partial charge in [-0.05, 0) is 49.2 Å². The number of rotatable bonds is 4. The van der Waals surface area contributed by atoms with E-state index in [2.05, 4.69) is 18.4 Å². The first kappa shape index (κ1) is 16.1. The van der Waals surface area contributed by atoms with Crippen LogP contribution in [0.5, 0.6) is 0 Å². The van der Waals surface area contributed by atoms with Gasteiger partial charge in [-0.1, -0.05) is 49.2 Å². The van der Waals surface area contributed by atoms with E-state index in [1.165, 1.54) is 5.69 Å². The van der Waals surface area contributed by atoms with E-state index in [1.54, 1.807) is 0 Å². The van der Waals surface area contributed by atoms with E-state index < -0.39 is 0 Å². The Morgan fingerprint density at radius 1 is 0.913 bits per heavy atom. The van der Waals surface area contributed by atoms with Crippen molar-refractivity contribution in [3.05, 3.63) is 70.0 Å². The molecule has 3 rings (SSSR count). The molecule has 0 spiro atoms. The summed E-state index contributed by atoms with van der Waals surface area (Å²) in [6.45, 7) is 4.28. The Morgan fingerprint density at radius 3 is 2.22 bits per heavy atom. The normalized spacial score (nSPS) is 11.0. The highest BCUT2D eigenvalue weighted by Crippen LogP contribution is 2.32. The number of aryl methyl sites for hydroxylation is 1. The van der Waals surface area contributed by atoms with Crippen LogP contribution in [0.4, 0.5) is 0 Å². The molecule has 0 aliphatic rings. The fourth-order valence-corrected chi connectivity index (χ4v) is 3.18. The summed E-state index contributed by atoms with van der Waals surface area (Å²) in [5, 5.41) is 1.43. The van der Waals surface area contributed by atoms with Gasteiger partial charge in [-0.15, -0.1) is 0 Å². The lowest BCUT2D eigenvalue weighted by molar-refractivity contribution is 0.912. The Labute approximate surface area is 146 Å². The number of nitrogens with zero attached hydrogens (tertiary/aromatic N) is 2. The first-order chi connectivity index (χ1) is 11.2. The van der Waals surface area contributed by atoms with Gasteiger partial charge < -0.3 is 0 Å². The molecule has 4 heteroatoms. The molecule has 0 bridgehead atoms. The van der Waals surface area contributed by atoms with Crippen molar-refractivity contribution >= 4 is 23.2 Å². The van der Waals surface area contributed by atoms with Crippen molar-refractivity contribution in [1.82, 2.24) is 9.55 Å². The maximum absolute atomic E-state index is 6.42. The molecule has 0 atom stereocenters. The quantitative estimate of drug-likeness (QED) is 0.569. The SMILES string of the molecule is CCc1nc(-c2ccccc2Cl)n(-c2ccc(Cl)cc2)c1CC. The minimum atomic E-state index is 0.706. The van der Waals surface area contributed by atoms with Crippen LogP contribution in [0.15, 0.2) is 48.5 Å². The fourth-order valence-electron chi connectivity index (χ4n) is 2.84. The molecule has 3 aromatic rings. The standard InChI is InChI=1S/C19H18Cl2N2/c1-3-17-18(4-2)23(14-11-9-13(20)10-12-14)19(22-17)15-7-5-6-8-16(15)21/h5-12H,3-4H2,1-2H3. The molecule has 0 aliphatic carbocycles. The van der Waals surface area contributed by atoms with Crippen molar-refractivity contribution in [3.63, 3.8) is 0 Å². The Balaban J connectivity index is 2.29. The second-order valence-electron chi connectivity index (χ2n) is 5.33. The molecule has 0 saturated heterocycles. The van der Waals surface area contributed by atoms with Crippen molar-refractivity contribution < 1.29 is 0 Å². The molecular formula is C19H18Cl2N2. The van der Waals surface area contributed by atoms with Crippen LogP contribution in [0.3, 0.4) is 0 Å². The van der Waals surface area contributed by atoms with Gasteiger partial charge in [0, 0.05) is 22.0 Å². The highest BCUT2D eigenvalue weighted by molar-refractivity contribution is 6.33. The first-order valence-corrected chi connectivity index (χ1v) is 8.52. The minimum absolute atomic E-state index is 0.706. The van der Waals surface area contributed by atoms with Crippen molar-refractivity contribution in [1.29, 1.82) is 0 Å². The van der Waals surface area contributed by atoms with Gasteiger partial charge in [0.25, 0.3) is 0 Å². The lowest BCUT2D eigenvalue weighted by atomic mass is 10.2. The summed E-state index contributed by atoms with van der Waals surface area (Å²) in [5.74, 6) is 0.881. The molecule has 0 fully saturated rings. The molecule has 2 aromatic carbocycles. The number of benzene rings is 2. The van der Waals surface area contributed by atoms with E-state index in [4.69, 9.17) is 28.2 Å². The number of hydrogen-bond acceptors (Lipinski definition) is 1. The summed E-state index contributed by atoms with van der Waals surface area (Å²) < 4.78 is 2.19. The predicted molar refractivity (Wildman–Crippen MR) is 97.8 cm³/mol. The van der Waals surface area contributed by atoms with E-state index in [0.29, 0.717) is 5.02 Å². The first-order valence-electron chi connectivity index (χ1n) is 7.77. The summed E-state index contributed by atoms with van der Waals surface area (Å²) in [4.78, 5) is 4.87. The molecular weight excluding hydrogens is 327 g/mol. The number of aromatic nitrogens is 2. The van der Waals surface area contributed by atoms with Gasteiger partial charge in [0.2, 0.25) is 0 Å². The predicted octanol–water partition coefficient (Wildman–Crippen LogP) is 5.97. The molecule has 1 aromatic heterocycles. The average molecular weight is 345 g/mol. The summed E-state index contributed by atoms with van der Waals surface area (Å²) in [6, 6.07) is 15.7. The molecule has 0 unspecified atom stereocenters. The third kappa shape index (κ3) is 3.01.